The molecule has 1 aliphatic rings. The maximum absolute atomic E-state index is 12.2. The summed E-state index contributed by atoms with van der Waals surface area (Å²) in [4.78, 5) is 12.2. The molecule has 0 aliphatic heterocycles. The first-order chi connectivity index (χ1) is 9.76. The van der Waals surface area contributed by atoms with Gasteiger partial charge in [0, 0.05) is 30.8 Å². The lowest BCUT2D eigenvalue weighted by Gasteiger charge is -2.26. The van der Waals surface area contributed by atoms with Crippen LogP contribution in [0.1, 0.15) is 63.8 Å². The van der Waals surface area contributed by atoms with Crippen molar-refractivity contribution in [3.05, 3.63) is 17.5 Å². The van der Waals surface area contributed by atoms with Crippen LogP contribution in [0.25, 0.3) is 0 Å². The molecule has 2 rings (SSSR count). The van der Waals surface area contributed by atoms with Gasteiger partial charge in [-0.2, -0.15) is 5.10 Å². The Balaban J connectivity index is 1.92. The molecule has 1 aromatic heterocycles. The Kier molecular flexibility index (Phi) is 4.71. The number of nitrogens with one attached hydrogen (secondary N) is 1. The van der Waals surface area contributed by atoms with Gasteiger partial charge in [0.1, 0.15) is 0 Å². The molecule has 1 heterocycles. The number of amides is 1. The van der Waals surface area contributed by atoms with Crippen LogP contribution in [-0.2, 0) is 18.3 Å². The lowest BCUT2D eigenvalue weighted by molar-refractivity contribution is -0.122. The molecule has 0 aromatic carbocycles. The molecule has 1 aliphatic carbocycles. The van der Waals surface area contributed by atoms with Crippen molar-refractivity contribution >= 4 is 5.91 Å². The van der Waals surface area contributed by atoms with Gasteiger partial charge < -0.3 is 11.1 Å². The summed E-state index contributed by atoms with van der Waals surface area (Å²) in [5.41, 5.74) is 8.65. The predicted octanol–water partition coefficient (Wildman–Crippen LogP) is 2.07. The van der Waals surface area contributed by atoms with Gasteiger partial charge in [-0.1, -0.05) is 20.8 Å². The molecule has 1 aromatic rings. The zero-order valence-corrected chi connectivity index (χ0v) is 13.6. The Morgan fingerprint density at radius 3 is 2.95 bits per heavy atom. The van der Waals surface area contributed by atoms with E-state index >= 15 is 0 Å². The molecule has 2 unspecified atom stereocenters. The first-order valence-corrected chi connectivity index (χ1v) is 7.82. The van der Waals surface area contributed by atoms with Crippen molar-refractivity contribution in [3.8, 4) is 0 Å². The van der Waals surface area contributed by atoms with E-state index in [1.807, 2.05) is 17.9 Å². The van der Waals surface area contributed by atoms with E-state index in [2.05, 4.69) is 31.2 Å². The highest BCUT2D eigenvalue weighted by Gasteiger charge is 2.25. The fourth-order valence-electron chi connectivity index (χ4n) is 3.21. The molecule has 5 heteroatoms. The highest BCUT2D eigenvalue weighted by molar-refractivity contribution is 5.77. The molecule has 1 amide bonds. The van der Waals surface area contributed by atoms with Gasteiger partial charge in [0.15, 0.2) is 0 Å². The summed E-state index contributed by atoms with van der Waals surface area (Å²) >= 11 is 0. The summed E-state index contributed by atoms with van der Waals surface area (Å²) in [5.74, 6) is 0.0495. The molecule has 0 fully saturated rings. The predicted molar refractivity (Wildman–Crippen MR) is 83.7 cm³/mol. The molecule has 21 heavy (non-hydrogen) atoms. The Hall–Kier alpha value is -1.36. The van der Waals surface area contributed by atoms with E-state index in [0.717, 1.165) is 25.7 Å². The minimum Gasteiger partial charge on any atom is -0.349 e. The monoisotopic (exact) mass is 292 g/mol. The van der Waals surface area contributed by atoms with Gasteiger partial charge in [0.2, 0.25) is 5.91 Å². The number of nitrogens with two attached hydrogens (primary N) is 1. The van der Waals surface area contributed by atoms with Crippen molar-refractivity contribution in [2.24, 2.45) is 18.2 Å². The van der Waals surface area contributed by atoms with Gasteiger partial charge in [0.25, 0.3) is 0 Å². The van der Waals surface area contributed by atoms with Crippen molar-refractivity contribution in [2.75, 3.05) is 0 Å². The van der Waals surface area contributed by atoms with Crippen LogP contribution in [0.5, 0.6) is 0 Å². The summed E-state index contributed by atoms with van der Waals surface area (Å²) in [7, 11) is 1.96. The fourth-order valence-corrected chi connectivity index (χ4v) is 3.21. The topological polar surface area (TPSA) is 72.9 Å². The Bertz CT molecular complexity index is 501. The number of hydrogen-bond donors (Lipinski definition) is 2. The van der Waals surface area contributed by atoms with Gasteiger partial charge in [-0.25, -0.2) is 0 Å². The van der Waals surface area contributed by atoms with Crippen LogP contribution in [0.2, 0.25) is 0 Å². The quantitative estimate of drug-likeness (QED) is 0.892. The average molecular weight is 292 g/mol. The van der Waals surface area contributed by atoms with Crippen molar-refractivity contribution < 1.29 is 4.79 Å². The van der Waals surface area contributed by atoms with Crippen LogP contribution >= 0.6 is 0 Å². The van der Waals surface area contributed by atoms with E-state index in [4.69, 9.17) is 5.73 Å². The third-order valence-corrected chi connectivity index (χ3v) is 4.03. The number of fused-ring (bicyclic) bond motifs is 1. The standard InChI is InChI=1S/C16H28N4O/c1-16(2,3)9-11(17)8-15(21)19-13-6-5-7-14-12(13)10-18-20(14)4/h10-11,13H,5-9,17H2,1-4H3,(H,19,21). The fraction of sp³-hybridized carbons (Fsp3) is 0.750. The molecule has 0 bridgehead atoms. The highest BCUT2D eigenvalue weighted by atomic mass is 16.1. The first-order valence-electron chi connectivity index (χ1n) is 7.82. The molecule has 118 valence electrons. The smallest absolute Gasteiger partial charge is 0.222 e. The van der Waals surface area contributed by atoms with Gasteiger partial charge >= 0.3 is 0 Å². The Labute approximate surface area is 127 Å². The van der Waals surface area contributed by atoms with Crippen LogP contribution in [0.4, 0.5) is 0 Å². The van der Waals surface area contributed by atoms with E-state index in [0.29, 0.717) is 6.42 Å². The number of carbonyl (C=O) groups is 1. The third kappa shape index (κ3) is 4.30. The first kappa shape index (κ1) is 16.0. The molecule has 0 saturated carbocycles. The second kappa shape index (κ2) is 6.18. The summed E-state index contributed by atoms with van der Waals surface area (Å²) in [6.45, 7) is 6.44. The van der Waals surface area contributed by atoms with E-state index in [1.54, 1.807) is 0 Å². The normalized spacial score (nSPS) is 20.0. The number of aromatic nitrogens is 2. The van der Waals surface area contributed by atoms with Crippen molar-refractivity contribution in [2.45, 2.75) is 65.0 Å². The number of hydrogen-bond acceptors (Lipinski definition) is 3. The summed E-state index contributed by atoms with van der Waals surface area (Å²) in [5, 5.41) is 7.44. The lowest BCUT2D eigenvalue weighted by Crippen LogP contribution is -2.36. The molecule has 0 spiro atoms. The Morgan fingerprint density at radius 2 is 2.29 bits per heavy atom. The summed E-state index contributed by atoms with van der Waals surface area (Å²) in [6, 6.07) is 0.0127. The second-order valence-corrected chi connectivity index (χ2v) is 7.41. The number of aryl methyl sites for hydroxylation is 1. The molecule has 2 atom stereocenters. The van der Waals surface area contributed by atoms with E-state index in [9.17, 15) is 4.79 Å². The molecular formula is C16H28N4O. The minimum absolute atomic E-state index is 0.0495. The molecule has 0 radical (unpaired) electrons. The van der Waals surface area contributed by atoms with E-state index in [1.165, 1.54) is 11.3 Å². The number of nitrogens with zero attached hydrogens (tertiary/aromatic N) is 2. The van der Waals surface area contributed by atoms with Gasteiger partial charge in [-0.3, -0.25) is 9.48 Å². The zero-order valence-electron chi connectivity index (χ0n) is 13.6. The summed E-state index contributed by atoms with van der Waals surface area (Å²) < 4.78 is 1.92. The Morgan fingerprint density at radius 1 is 1.57 bits per heavy atom. The lowest BCUT2D eigenvalue weighted by atomic mass is 9.87. The highest BCUT2D eigenvalue weighted by Crippen LogP contribution is 2.29. The SMILES string of the molecule is Cn1ncc2c1CCCC2NC(=O)CC(N)CC(C)(C)C. The van der Waals surface area contributed by atoms with Gasteiger partial charge in [-0.15, -0.1) is 0 Å². The van der Waals surface area contributed by atoms with Crippen LogP contribution < -0.4 is 11.1 Å². The minimum atomic E-state index is -0.0815. The molecular weight excluding hydrogens is 264 g/mol. The third-order valence-electron chi connectivity index (χ3n) is 4.03. The van der Waals surface area contributed by atoms with E-state index in [-0.39, 0.29) is 23.4 Å². The van der Waals surface area contributed by atoms with Crippen molar-refractivity contribution in [1.82, 2.24) is 15.1 Å². The van der Waals surface area contributed by atoms with Crippen molar-refractivity contribution in [1.29, 1.82) is 0 Å². The second-order valence-electron chi connectivity index (χ2n) is 7.41. The van der Waals surface area contributed by atoms with Crippen LogP contribution in [0.3, 0.4) is 0 Å². The number of rotatable bonds is 4. The van der Waals surface area contributed by atoms with Gasteiger partial charge in [-0.05, 0) is 31.1 Å². The molecule has 5 nitrogen and oxygen atoms in total. The van der Waals surface area contributed by atoms with Crippen LogP contribution in [-0.4, -0.2) is 21.7 Å². The maximum Gasteiger partial charge on any atom is 0.222 e. The zero-order chi connectivity index (χ0) is 15.6. The summed E-state index contributed by atoms with van der Waals surface area (Å²) in [6.07, 6.45) is 6.24. The maximum atomic E-state index is 12.2. The van der Waals surface area contributed by atoms with E-state index < -0.39 is 0 Å². The van der Waals surface area contributed by atoms with Crippen LogP contribution in [0.15, 0.2) is 6.20 Å². The largest absolute Gasteiger partial charge is 0.349 e. The molecule has 3 N–H and O–H groups in total. The number of carbonyl (C=O) groups excluding carboxylic acids is 1. The molecule has 0 saturated heterocycles. The van der Waals surface area contributed by atoms with Crippen LogP contribution in [0, 0.1) is 5.41 Å². The van der Waals surface area contributed by atoms with Crippen molar-refractivity contribution in [3.63, 3.8) is 0 Å². The average Bonchev–Trinajstić information content (AvgIpc) is 2.69. The van der Waals surface area contributed by atoms with Gasteiger partial charge in [0.05, 0.1) is 12.2 Å².